The normalized spacial score (nSPS) is 16.8. The van der Waals surface area contributed by atoms with Gasteiger partial charge in [-0.1, -0.05) is 6.07 Å². The van der Waals surface area contributed by atoms with Crippen LogP contribution >= 0.6 is 0 Å². The summed E-state index contributed by atoms with van der Waals surface area (Å²) in [6.45, 7) is 0.684. The molecule has 4 amide bonds. The predicted octanol–water partition coefficient (Wildman–Crippen LogP) is 2.22. The second kappa shape index (κ2) is 7.75. The van der Waals surface area contributed by atoms with Crippen molar-refractivity contribution >= 4 is 40.7 Å². The number of nitrogens with zero attached hydrogens (tertiary/aromatic N) is 2. The first kappa shape index (κ1) is 18.7. The average Bonchev–Trinajstić information content (AvgIpc) is 3.16. The van der Waals surface area contributed by atoms with Crippen molar-refractivity contribution < 1.29 is 19.2 Å². The molecule has 2 aromatic carbocycles. The van der Waals surface area contributed by atoms with Gasteiger partial charge in [0.1, 0.15) is 0 Å². The van der Waals surface area contributed by atoms with Crippen LogP contribution in [0.25, 0.3) is 0 Å². The predicted molar refractivity (Wildman–Crippen MR) is 107 cm³/mol. The van der Waals surface area contributed by atoms with Crippen LogP contribution < -0.4 is 20.7 Å². The Bertz CT molecular complexity index is 986. The second-order valence-corrected chi connectivity index (χ2v) is 6.96. The van der Waals surface area contributed by atoms with Gasteiger partial charge in [-0.25, -0.2) is 5.01 Å². The molecule has 2 fully saturated rings. The summed E-state index contributed by atoms with van der Waals surface area (Å²) in [5.74, 6) is -0.642. The van der Waals surface area contributed by atoms with E-state index in [1.807, 2.05) is 6.07 Å². The largest absolute Gasteiger partial charge is 0.322 e. The molecular weight excluding hydrogens is 372 g/mol. The number of rotatable bonds is 4. The molecule has 2 aromatic rings. The van der Waals surface area contributed by atoms with Crippen LogP contribution in [0.3, 0.4) is 0 Å². The van der Waals surface area contributed by atoms with Gasteiger partial charge < -0.3 is 10.2 Å². The number of anilines is 3. The Balaban J connectivity index is 1.46. The Morgan fingerprint density at radius 3 is 2.41 bits per heavy atom. The van der Waals surface area contributed by atoms with E-state index in [0.29, 0.717) is 29.9 Å². The number of nitrogens with one attached hydrogen (secondary N) is 2. The lowest BCUT2D eigenvalue weighted by molar-refractivity contribution is -0.130. The molecule has 2 N–H and O–H groups in total. The third-order valence-electron chi connectivity index (χ3n) is 4.93. The molecule has 29 heavy (non-hydrogen) atoms. The Hall–Kier alpha value is -3.68. The summed E-state index contributed by atoms with van der Waals surface area (Å²) in [6.07, 6.45) is 1.71. The molecule has 2 saturated heterocycles. The van der Waals surface area contributed by atoms with Crippen molar-refractivity contribution in [3.63, 3.8) is 0 Å². The van der Waals surface area contributed by atoms with Crippen molar-refractivity contribution in [2.75, 3.05) is 21.8 Å². The molecule has 0 atom stereocenters. The SMILES string of the molecule is O=C1CCC(=O)N(c2ccc(C(=O)Nc3cccc(N4CCCC4=O)c3)cc2)N1. The van der Waals surface area contributed by atoms with Crippen LogP contribution in [-0.4, -0.2) is 30.2 Å². The van der Waals surface area contributed by atoms with E-state index in [1.165, 1.54) is 5.01 Å². The van der Waals surface area contributed by atoms with Crippen molar-refractivity contribution in [3.8, 4) is 0 Å². The van der Waals surface area contributed by atoms with Gasteiger partial charge in [-0.2, -0.15) is 0 Å². The minimum atomic E-state index is -0.310. The summed E-state index contributed by atoms with van der Waals surface area (Å²) in [7, 11) is 0. The molecule has 0 saturated carbocycles. The molecule has 0 aliphatic carbocycles. The number of carbonyl (C=O) groups is 4. The molecule has 2 aliphatic rings. The monoisotopic (exact) mass is 392 g/mol. The third kappa shape index (κ3) is 3.96. The molecule has 2 aliphatic heterocycles. The third-order valence-corrected chi connectivity index (χ3v) is 4.93. The molecular formula is C21H20N4O4. The number of carbonyl (C=O) groups excluding carboxylic acids is 4. The van der Waals surface area contributed by atoms with Gasteiger partial charge >= 0.3 is 0 Å². The Morgan fingerprint density at radius 2 is 1.69 bits per heavy atom. The van der Waals surface area contributed by atoms with Crippen LogP contribution in [0.2, 0.25) is 0 Å². The highest BCUT2D eigenvalue weighted by molar-refractivity contribution is 6.06. The highest BCUT2D eigenvalue weighted by Gasteiger charge is 2.24. The summed E-state index contributed by atoms with van der Waals surface area (Å²) in [4.78, 5) is 49.7. The fourth-order valence-corrected chi connectivity index (χ4v) is 3.42. The lowest BCUT2D eigenvalue weighted by Gasteiger charge is -2.27. The standard InChI is InChI=1S/C21H20N4O4/c26-18-10-11-20(28)25(23-18)16-8-6-14(7-9-16)21(29)22-15-3-1-4-17(13-15)24-12-2-5-19(24)27/h1,3-4,6-9,13H,2,5,10-12H2,(H,22,29)(H,23,26). The average molecular weight is 392 g/mol. The maximum atomic E-state index is 12.6. The summed E-state index contributed by atoms with van der Waals surface area (Å²) in [5.41, 5.74) is 4.78. The van der Waals surface area contributed by atoms with Gasteiger partial charge in [0.05, 0.1) is 5.69 Å². The van der Waals surface area contributed by atoms with E-state index in [0.717, 1.165) is 12.1 Å². The molecule has 2 heterocycles. The fourth-order valence-electron chi connectivity index (χ4n) is 3.42. The fraction of sp³-hybridized carbons (Fsp3) is 0.238. The molecule has 8 heteroatoms. The number of hydrazine groups is 1. The van der Waals surface area contributed by atoms with Crippen LogP contribution in [0.15, 0.2) is 48.5 Å². The number of hydrogen-bond acceptors (Lipinski definition) is 4. The molecule has 0 unspecified atom stereocenters. The maximum absolute atomic E-state index is 12.6. The Labute approximate surface area is 167 Å². The van der Waals surface area contributed by atoms with Crippen LogP contribution in [0, 0.1) is 0 Å². The molecule has 8 nitrogen and oxygen atoms in total. The van der Waals surface area contributed by atoms with Crippen molar-refractivity contribution in [1.29, 1.82) is 0 Å². The number of hydrogen-bond donors (Lipinski definition) is 2. The Kier molecular flexibility index (Phi) is 4.99. The van der Waals surface area contributed by atoms with Crippen molar-refractivity contribution in [2.45, 2.75) is 25.7 Å². The lowest BCUT2D eigenvalue weighted by Crippen LogP contribution is -2.50. The van der Waals surface area contributed by atoms with Gasteiger partial charge in [-0.3, -0.25) is 24.6 Å². The highest BCUT2D eigenvalue weighted by Crippen LogP contribution is 2.25. The van der Waals surface area contributed by atoms with Gasteiger partial charge in [0.25, 0.3) is 5.91 Å². The summed E-state index contributed by atoms with van der Waals surface area (Å²) < 4.78 is 0. The molecule has 0 bridgehead atoms. The van der Waals surface area contributed by atoms with Crippen molar-refractivity contribution in [3.05, 3.63) is 54.1 Å². The Morgan fingerprint density at radius 1 is 0.897 bits per heavy atom. The minimum absolute atomic E-state index is 0.0865. The first-order valence-electron chi connectivity index (χ1n) is 9.45. The van der Waals surface area contributed by atoms with Gasteiger partial charge in [0.15, 0.2) is 0 Å². The van der Waals surface area contributed by atoms with Crippen LogP contribution in [0.5, 0.6) is 0 Å². The van der Waals surface area contributed by atoms with E-state index in [1.54, 1.807) is 47.4 Å². The lowest BCUT2D eigenvalue weighted by atomic mass is 10.1. The minimum Gasteiger partial charge on any atom is -0.322 e. The van der Waals surface area contributed by atoms with E-state index in [9.17, 15) is 19.2 Å². The summed E-state index contributed by atoms with van der Waals surface area (Å²) >= 11 is 0. The van der Waals surface area contributed by atoms with Gasteiger partial charge in [0.2, 0.25) is 17.7 Å². The van der Waals surface area contributed by atoms with Crippen molar-refractivity contribution in [1.82, 2.24) is 5.43 Å². The van der Waals surface area contributed by atoms with E-state index >= 15 is 0 Å². The van der Waals surface area contributed by atoms with Crippen LogP contribution in [-0.2, 0) is 14.4 Å². The molecule has 0 aromatic heterocycles. The topological polar surface area (TPSA) is 98.8 Å². The molecule has 4 rings (SSSR count). The maximum Gasteiger partial charge on any atom is 0.255 e. The van der Waals surface area contributed by atoms with E-state index in [2.05, 4.69) is 10.7 Å². The van der Waals surface area contributed by atoms with E-state index < -0.39 is 0 Å². The molecule has 0 spiro atoms. The first-order valence-corrected chi connectivity index (χ1v) is 9.45. The van der Waals surface area contributed by atoms with Crippen LogP contribution in [0.1, 0.15) is 36.0 Å². The van der Waals surface area contributed by atoms with Gasteiger partial charge in [0, 0.05) is 42.7 Å². The first-order chi connectivity index (χ1) is 14.0. The zero-order chi connectivity index (χ0) is 20.4. The quantitative estimate of drug-likeness (QED) is 0.833. The van der Waals surface area contributed by atoms with E-state index in [4.69, 9.17) is 0 Å². The van der Waals surface area contributed by atoms with Crippen LogP contribution in [0.4, 0.5) is 17.1 Å². The molecule has 0 radical (unpaired) electrons. The summed E-state index contributed by atoms with van der Waals surface area (Å²) in [6, 6.07) is 13.6. The second-order valence-electron chi connectivity index (χ2n) is 6.96. The smallest absolute Gasteiger partial charge is 0.255 e. The zero-order valence-electron chi connectivity index (χ0n) is 15.7. The summed E-state index contributed by atoms with van der Waals surface area (Å²) in [5, 5.41) is 4.02. The highest BCUT2D eigenvalue weighted by atomic mass is 16.2. The van der Waals surface area contributed by atoms with Crippen molar-refractivity contribution in [2.24, 2.45) is 0 Å². The zero-order valence-corrected chi connectivity index (χ0v) is 15.7. The number of amides is 4. The van der Waals surface area contributed by atoms with Gasteiger partial charge in [-0.15, -0.1) is 0 Å². The number of benzene rings is 2. The van der Waals surface area contributed by atoms with E-state index in [-0.39, 0.29) is 36.5 Å². The van der Waals surface area contributed by atoms with Gasteiger partial charge in [-0.05, 0) is 48.9 Å². The molecule has 148 valence electrons.